The number of phosphoric acid groups is 1. The van der Waals surface area contributed by atoms with Gasteiger partial charge in [0.05, 0.1) is 33.8 Å². The van der Waals surface area contributed by atoms with Crippen LogP contribution in [-0.4, -0.2) is 69.4 Å². The summed E-state index contributed by atoms with van der Waals surface area (Å²) in [5, 5.41) is 3.03. The van der Waals surface area contributed by atoms with Crippen LogP contribution in [0.3, 0.4) is 0 Å². The number of likely N-dealkylation sites (N-methyl/N-ethyl adjacent to an activating group) is 1. The van der Waals surface area contributed by atoms with Gasteiger partial charge >= 0.3 is 5.97 Å². The van der Waals surface area contributed by atoms with Gasteiger partial charge in [0.15, 0.2) is 0 Å². The predicted octanol–water partition coefficient (Wildman–Crippen LogP) is 20.8. The monoisotopic (exact) mass is 1130 g/mol. The number of hydrogen-bond acceptors (Lipinski definition) is 7. The molecular weight excluding hydrogens is 1000 g/mol. The number of hydrogen-bond donors (Lipinski definition) is 1. The van der Waals surface area contributed by atoms with Crippen molar-refractivity contribution in [1.82, 2.24) is 5.32 Å². The first-order valence-electron chi connectivity index (χ1n) is 34.3. The summed E-state index contributed by atoms with van der Waals surface area (Å²) in [5.74, 6) is -0.534. The summed E-state index contributed by atoms with van der Waals surface area (Å²) in [6.07, 6.45) is 72.7. The molecule has 10 heteroatoms. The van der Waals surface area contributed by atoms with E-state index in [9.17, 15) is 19.0 Å². The Kier molecular flexibility index (Phi) is 58.1. The third kappa shape index (κ3) is 60.6. The molecule has 0 aliphatic rings. The molecule has 0 saturated heterocycles. The minimum atomic E-state index is -4.70. The number of nitrogens with one attached hydrogen (secondary N) is 1. The van der Waals surface area contributed by atoms with E-state index in [2.05, 4.69) is 50.4 Å². The molecule has 1 N–H and O–H groups in total. The molecule has 0 heterocycles. The third-order valence-electron chi connectivity index (χ3n) is 15.6. The molecule has 0 aromatic carbocycles. The van der Waals surface area contributed by atoms with Crippen molar-refractivity contribution in [3.8, 4) is 0 Å². The number of quaternary nitrogens is 1. The first-order valence-corrected chi connectivity index (χ1v) is 35.8. The van der Waals surface area contributed by atoms with E-state index in [-0.39, 0.29) is 31.5 Å². The van der Waals surface area contributed by atoms with Crippen molar-refractivity contribution in [1.29, 1.82) is 0 Å². The number of carbonyl (C=O) groups excluding carboxylic acids is 2. The molecule has 1 amide bonds. The first-order chi connectivity index (χ1) is 38.4. The number of rotatable bonds is 63. The predicted molar refractivity (Wildman–Crippen MR) is 340 cm³/mol. The van der Waals surface area contributed by atoms with E-state index in [4.69, 9.17) is 13.8 Å². The minimum absolute atomic E-state index is 0.0217. The summed E-state index contributed by atoms with van der Waals surface area (Å²) in [6.45, 7) is 6.86. The van der Waals surface area contributed by atoms with Gasteiger partial charge in [-0.3, -0.25) is 14.2 Å². The zero-order chi connectivity index (χ0) is 57.9. The van der Waals surface area contributed by atoms with E-state index in [0.717, 1.165) is 77.0 Å². The van der Waals surface area contributed by atoms with Crippen molar-refractivity contribution in [2.45, 2.75) is 354 Å². The Labute approximate surface area is 491 Å². The van der Waals surface area contributed by atoms with E-state index in [1.165, 1.54) is 231 Å². The van der Waals surface area contributed by atoms with Crippen LogP contribution in [0.1, 0.15) is 342 Å². The van der Waals surface area contributed by atoms with Crippen LogP contribution in [0.5, 0.6) is 0 Å². The quantitative estimate of drug-likeness (QED) is 0.0212. The highest BCUT2D eigenvalue weighted by atomic mass is 31.2. The van der Waals surface area contributed by atoms with Gasteiger partial charge in [-0.05, 0) is 63.9 Å². The summed E-state index contributed by atoms with van der Waals surface area (Å²) < 4.78 is 30.4. The number of ether oxygens (including phenoxy) is 1. The SMILES string of the molecule is CCCCC/C=C\C/C=C\CCCCCCCCCC(=O)NC(COP(=O)([O-])OCC[N+](C)(C)C)C(/C=C\CCCCCCCCCCC)OC(=O)CCCCCCCCCCCCCCCCCCCCCCCCCCC. The molecule has 0 radical (unpaired) electrons. The van der Waals surface area contributed by atoms with Crippen LogP contribution in [0.4, 0.5) is 0 Å². The number of unbranched alkanes of at least 4 members (excludes halogenated alkanes) is 43. The van der Waals surface area contributed by atoms with Gasteiger partial charge in [-0.1, -0.05) is 302 Å². The van der Waals surface area contributed by atoms with Crippen LogP contribution >= 0.6 is 7.82 Å². The van der Waals surface area contributed by atoms with E-state index < -0.39 is 20.0 Å². The highest BCUT2D eigenvalue weighted by Crippen LogP contribution is 2.38. The molecular formula is C69H133N2O7P. The average molecular weight is 1130 g/mol. The van der Waals surface area contributed by atoms with E-state index >= 15 is 0 Å². The van der Waals surface area contributed by atoms with E-state index in [1.807, 2.05) is 33.3 Å². The number of nitrogens with zero attached hydrogens (tertiary/aromatic N) is 1. The van der Waals surface area contributed by atoms with Crippen LogP contribution in [0.2, 0.25) is 0 Å². The Balaban J connectivity index is 5.01. The average Bonchev–Trinajstić information content (AvgIpc) is 3.41. The maximum absolute atomic E-state index is 13.5. The van der Waals surface area contributed by atoms with Crippen LogP contribution in [0.25, 0.3) is 0 Å². The third-order valence-corrected chi connectivity index (χ3v) is 16.5. The second-order valence-corrected chi connectivity index (χ2v) is 26.1. The fourth-order valence-electron chi connectivity index (χ4n) is 10.3. The summed E-state index contributed by atoms with van der Waals surface area (Å²) >= 11 is 0. The van der Waals surface area contributed by atoms with Crippen molar-refractivity contribution in [2.24, 2.45) is 0 Å². The van der Waals surface area contributed by atoms with Crippen molar-refractivity contribution in [3.63, 3.8) is 0 Å². The standard InChI is InChI=1S/C69H133N2O7P/c1-7-10-13-16-19-22-25-27-29-31-32-33-34-35-36-37-38-40-42-44-47-50-53-56-59-62-69(73)78-67(60-57-54-51-48-45-24-21-18-15-12-9-3)66(65-77-79(74,75)76-64-63-71(4,5)6)70-68(72)61-58-55-52-49-46-43-41-39-30-28-26-23-20-17-14-11-8-2/h20,23,28,30,57,60,66-67H,7-19,21-22,24-27,29,31-56,58-59,61-65H2,1-6H3,(H-,70,72,74,75)/b23-20-,30-28-,60-57-. The van der Waals surface area contributed by atoms with Crippen molar-refractivity contribution >= 4 is 19.7 Å². The van der Waals surface area contributed by atoms with Gasteiger partial charge in [-0.25, -0.2) is 0 Å². The largest absolute Gasteiger partial charge is 0.756 e. The van der Waals surface area contributed by atoms with Crippen molar-refractivity contribution in [3.05, 3.63) is 36.5 Å². The fraction of sp³-hybridized carbons (Fsp3) is 0.884. The lowest BCUT2D eigenvalue weighted by molar-refractivity contribution is -0.870. The molecule has 0 spiro atoms. The molecule has 0 fully saturated rings. The smallest absolute Gasteiger partial charge is 0.306 e. The molecule has 3 unspecified atom stereocenters. The molecule has 3 atom stereocenters. The molecule has 79 heavy (non-hydrogen) atoms. The normalized spacial score (nSPS) is 13.8. The van der Waals surface area contributed by atoms with Gasteiger partial charge in [-0.2, -0.15) is 0 Å². The number of amides is 1. The summed E-state index contributed by atoms with van der Waals surface area (Å²) in [6, 6.07) is -0.889. The molecule has 466 valence electrons. The Morgan fingerprint density at radius 3 is 1.16 bits per heavy atom. The highest BCUT2D eigenvalue weighted by Gasteiger charge is 2.27. The Hall–Kier alpha value is -1.77. The number of phosphoric ester groups is 1. The second-order valence-electron chi connectivity index (χ2n) is 24.7. The molecule has 0 saturated carbocycles. The van der Waals surface area contributed by atoms with Crippen LogP contribution in [0.15, 0.2) is 36.5 Å². The molecule has 0 bridgehead atoms. The number of esters is 1. The Bertz CT molecular complexity index is 1450. The zero-order valence-electron chi connectivity index (χ0n) is 53.3. The second kappa shape index (κ2) is 59.4. The topological polar surface area (TPSA) is 114 Å². The Morgan fingerprint density at radius 2 is 0.772 bits per heavy atom. The van der Waals surface area contributed by atoms with Crippen LogP contribution in [-0.2, 0) is 27.9 Å². The molecule has 0 aliphatic heterocycles. The molecule has 0 aromatic rings. The zero-order valence-corrected chi connectivity index (χ0v) is 54.2. The van der Waals surface area contributed by atoms with Crippen molar-refractivity contribution in [2.75, 3.05) is 40.9 Å². The lowest BCUT2D eigenvalue weighted by Crippen LogP contribution is -2.47. The van der Waals surface area contributed by atoms with Gasteiger partial charge < -0.3 is 28.5 Å². The fourth-order valence-corrected chi connectivity index (χ4v) is 11.0. The number of allylic oxidation sites excluding steroid dienone is 5. The van der Waals surface area contributed by atoms with Gasteiger partial charge in [0.25, 0.3) is 7.82 Å². The maximum atomic E-state index is 13.5. The first kappa shape index (κ1) is 77.2. The van der Waals surface area contributed by atoms with Crippen LogP contribution in [0, 0.1) is 0 Å². The summed E-state index contributed by atoms with van der Waals surface area (Å²) in [4.78, 5) is 40.1. The van der Waals surface area contributed by atoms with Gasteiger partial charge in [0.1, 0.15) is 19.3 Å². The highest BCUT2D eigenvalue weighted by molar-refractivity contribution is 7.45. The molecule has 0 rings (SSSR count). The molecule has 0 aliphatic carbocycles. The van der Waals surface area contributed by atoms with Gasteiger partial charge in [-0.15, -0.1) is 0 Å². The van der Waals surface area contributed by atoms with Gasteiger partial charge in [0.2, 0.25) is 5.91 Å². The minimum Gasteiger partial charge on any atom is -0.756 e. The van der Waals surface area contributed by atoms with E-state index in [1.54, 1.807) is 0 Å². The Morgan fingerprint density at radius 1 is 0.443 bits per heavy atom. The van der Waals surface area contributed by atoms with Crippen molar-refractivity contribution < 1.29 is 37.3 Å². The van der Waals surface area contributed by atoms with Crippen LogP contribution < -0.4 is 10.2 Å². The van der Waals surface area contributed by atoms with E-state index in [0.29, 0.717) is 17.4 Å². The summed E-state index contributed by atoms with van der Waals surface area (Å²) in [5.41, 5.74) is 0. The van der Waals surface area contributed by atoms with Gasteiger partial charge in [0, 0.05) is 12.8 Å². The molecule has 0 aromatic heterocycles. The lowest BCUT2D eigenvalue weighted by Gasteiger charge is -2.30. The summed E-state index contributed by atoms with van der Waals surface area (Å²) in [7, 11) is 1.19. The molecule has 9 nitrogen and oxygen atoms in total. The number of carbonyl (C=O) groups is 2. The lowest BCUT2D eigenvalue weighted by atomic mass is 10.0. The maximum Gasteiger partial charge on any atom is 0.306 e.